The van der Waals surface area contributed by atoms with Gasteiger partial charge in [-0.3, -0.25) is 4.79 Å². The van der Waals surface area contributed by atoms with Crippen molar-refractivity contribution in [1.82, 2.24) is 10.0 Å². The van der Waals surface area contributed by atoms with Crippen LogP contribution in [0.15, 0.2) is 29.2 Å². The van der Waals surface area contributed by atoms with Crippen LogP contribution >= 0.6 is 22.6 Å². The Labute approximate surface area is 131 Å². The number of carbonyl (C=O) groups is 1. The second kappa shape index (κ2) is 6.37. The van der Waals surface area contributed by atoms with Crippen molar-refractivity contribution in [3.05, 3.63) is 27.8 Å². The highest BCUT2D eigenvalue weighted by Gasteiger charge is 2.32. The smallest absolute Gasteiger partial charge is 0.322 e. The Bertz CT molecular complexity index is 588. The molecule has 0 saturated carbocycles. The van der Waals surface area contributed by atoms with E-state index < -0.39 is 16.1 Å². The van der Waals surface area contributed by atoms with Crippen LogP contribution in [0.3, 0.4) is 0 Å². The number of halogens is 1. The molecule has 0 amide bonds. The third-order valence-electron chi connectivity index (χ3n) is 3.06. The van der Waals surface area contributed by atoms with Gasteiger partial charge in [0.1, 0.15) is 6.04 Å². The molecule has 2 atom stereocenters. The number of methoxy groups -OCH3 is 1. The van der Waals surface area contributed by atoms with E-state index in [2.05, 4.69) is 37.4 Å². The molecule has 0 aliphatic carbocycles. The normalized spacial score (nSPS) is 22.7. The molecule has 1 aliphatic heterocycles. The molecule has 6 nitrogen and oxygen atoms in total. The molecule has 20 heavy (non-hydrogen) atoms. The second-order valence-corrected chi connectivity index (χ2v) is 7.45. The molecule has 2 N–H and O–H groups in total. The van der Waals surface area contributed by atoms with Crippen LogP contribution in [-0.4, -0.2) is 40.1 Å². The van der Waals surface area contributed by atoms with Crippen molar-refractivity contribution in [2.24, 2.45) is 0 Å². The molecule has 110 valence electrons. The van der Waals surface area contributed by atoms with E-state index in [1.54, 1.807) is 24.3 Å². The van der Waals surface area contributed by atoms with Gasteiger partial charge in [-0.1, -0.05) is 0 Å². The summed E-state index contributed by atoms with van der Waals surface area (Å²) in [6.45, 7) is 0.406. The summed E-state index contributed by atoms with van der Waals surface area (Å²) in [6, 6.07) is 5.82. The minimum Gasteiger partial charge on any atom is -0.468 e. The van der Waals surface area contributed by atoms with Gasteiger partial charge in [0, 0.05) is 16.2 Å². The maximum absolute atomic E-state index is 12.2. The SMILES string of the molecule is COC(=O)[C@H]1C[C@@H](NS(=O)(=O)c2ccc(I)cc2)CN1. The summed E-state index contributed by atoms with van der Waals surface area (Å²) in [7, 11) is -2.25. The summed E-state index contributed by atoms with van der Waals surface area (Å²) in [5.74, 6) is -0.374. The lowest BCUT2D eigenvalue weighted by Gasteiger charge is -2.12. The third kappa shape index (κ3) is 3.68. The molecule has 1 aromatic carbocycles. The summed E-state index contributed by atoms with van der Waals surface area (Å²) in [4.78, 5) is 11.6. The number of sulfonamides is 1. The minimum atomic E-state index is -3.56. The zero-order valence-corrected chi connectivity index (χ0v) is 13.8. The van der Waals surface area contributed by atoms with Gasteiger partial charge >= 0.3 is 5.97 Å². The number of esters is 1. The minimum absolute atomic E-state index is 0.222. The van der Waals surface area contributed by atoms with E-state index in [4.69, 9.17) is 0 Å². The lowest BCUT2D eigenvalue weighted by atomic mass is 10.2. The predicted octanol–water partition coefficient (Wildman–Crippen LogP) is 0.473. The highest BCUT2D eigenvalue weighted by molar-refractivity contribution is 14.1. The fourth-order valence-corrected chi connectivity index (χ4v) is 3.66. The van der Waals surface area contributed by atoms with Crippen LogP contribution in [0.25, 0.3) is 0 Å². The molecule has 0 spiro atoms. The number of nitrogens with one attached hydrogen (secondary N) is 2. The quantitative estimate of drug-likeness (QED) is 0.557. The first-order chi connectivity index (χ1) is 9.42. The van der Waals surface area contributed by atoms with Crippen LogP contribution in [-0.2, 0) is 19.6 Å². The summed E-state index contributed by atoms with van der Waals surface area (Å²) in [6.07, 6.45) is 0.385. The summed E-state index contributed by atoms with van der Waals surface area (Å²) >= 11 is 2.11. The monoisotopic (exact) mass is 410 g/mol. The molecule has 2 rings (SSSR count). The average molecular weight is 410 g/mol. The molecule has 0 aromatic heterocycles. The zero-order valence-electron chi connectivity index (χ0n) is 10.8. The largest absolute Gasteiger partial charge is 0.468 e. The summed E-state index contributed by atoms with van der Waals surface area (Å²) in [5, 5.41) is 2.94. The van der Waals surface area contributed by atoms with Gasteiger partial charge in [-0.25, -0.2) is 13.1 Å². The number of rotatable bonds is 4. The molecule has 8 heteroatoms. The molecule has 1 saturated heterocycles. The molecular formula is C12H15IN2O4S. The second-order valence-electron chi connectivity index (χ2n) is 4.49. The maximum atomic E-state index is 12.2. The standard InChI is InChI=1S/C12H15IN2O4S/c1-19-12(16)11-6-9(7-14-11)15-20(17,18)10-4-2-8(13)3-5-10/h2-5,9,11,14-15H,6-7H2,1H3/t9-,11-/m1/s1. The summed E-state index contributed by atoms with van der Waals surface area (Å²) < 4.78 is 32.6. The van der Waals surface area contributed by atoms with Crippen LogP contribution in [0.4, 0.5) is 0 Å². The van der Waals surface area contributed by atoms with E-state index in [0.717, 1.165) is 3.57 Å². The Balaban J connectivity index is 2.03. The molecule has 1 heterocycles. The number of carbonyl (C=O) groups excluding carboxylic acids is 1. The van der Waals surface area contributed by atoms with Crippen LogP contribution in [0.1, 0.15) is 6.42 Å². The fourth-order valence-electron chi connectivity index (χ4n) is 2.05. The average Bonchev–Trinajstić information content (AvgIpc) is 2.86. The zero-order chi connectivity index (χ0) is 14.8. The molecule has 0 unspecified atom stereocenters. The van der Waals surface area contributed by atoms with Crippen molar-refractivity contribution in [2.45, 2.75) is 23.4 Å². The molecular weight excluding hydrogens is 395 g/mol. The highest BCUT2D eigenvalue weighted by atomic mass is 127. The first-order valence-electron chi connectivity index (χ1n) is 6.01. The fraction of sp³-hybridized carbons (Fsp3) is 0.417. The van der Waals surface area contributed by atoms with Crippen LogP contribution in [0.2, 0.25) is 0 Å². The van der Waals surface area contributed by atoms with Gasteiger partial charge in [0.2, 0.25) is 10.0 Å². The van der Waals surface area contributed by atoms with E-state index >= 15 is 0 Å². The van der Waals surface area contributed by atoms with Gasteiger partial charge in [0.25, 0.3) is 0 Å². The Morgan fingerprint density at radius 3 is 2.65 bits per heavy atom. The van der Waals surface area contributed by atoms with Gasteiger partial charge in [-0.15, -0.1) is 0 Å². The molecule has 0 bridgehead atoms. The van der Waals surface area contributed by atoms with Crippen molar-refractivity contribution in [3.8, 4) is 0 Å². The van der Waals surface area contributed by atoms with Crippen LogP contribution in [0.5, 0.6) is 0 Å². The van der Waals surface area contributed by atoms with E-state index in [1.807, 2.05) is 0 Å². The number of benzene rings is 1. The van der Waals surface area contributed by atoms with Gasteiger partial charge in [-0.05, 0) is 53.3 Å². The van der Waals surface area contributed by atoms with Crippen molar-refractivity contribution in [1.29, 1.82) is 0 Å². The van der Waals surface area contributed by atoms with Crippen molar-refractivity contribution >= 4 is 38.6 Å². The lowest BCUT2D eigenvalue weighted by molar-refractivity contribution is -0.142. The first-order valence-corrected chi connectivity index (χ1v) is 8.57. The van der Waals surface area contributed by atoms with Gasteiger partial charge in [0.15, 0.2) is 0 Å². The Kier molecular flexibility index (Phi) is 4.99. The van der Waals surface area contributed by atoms with Crippen molar-refractivity contribution in [2.75, 3.05) is 13.7 Å². The lowest BCUT2D eigenvalue weighted by Crippen LogP contribution is -2.36. The van der Waals surface area contributed by atoms with E-state index in [0.29, 0.717) is 13.0 Å². The van der Waals surface area contributed by atoms with Crippen LogP contribution in [0, 0.1) is 3.57 Å². The van der Waals surface area contributed by atoms with Gasteiger partial charge < -0.3 is 10.1 Å². The number of hydrogen-bond acceptors (Lipinski definition) is 5. The Hall–Kier alpha value is -0.710. The Morgan fingerprint density at radius 2 is 2.05 bits per heavy atom. The van der Waals surface area contributed by atoms with Gasteiger partial charge in [0.05, 0.1) is 12.0 Å². The van der Waals surface area contributed by atoms with Crippen molar-refractivity contribution in [3.63, 3.8) is 0 Å². The van der Waals surface area contributed by atoms with E-state index in [1.165, 1.54) is 7.11 Å². The molecule has 1 aromatic rings. The van der Waals surface area contributed by atoms with Crippen molar-refractivity contribution < 1.29 is 17.9 Å². The van der Waals surface area contributed by atoms with Crippen LogP contribution < -0.4 is 10.0 Å². The topological polar surface area (TPSA) is 84.5 Å². The van der Waals surface area contributed by atoms with Gasteiger partial charge in [-0.2, -0.15) is 0 Å². The third-order valence-corrected chi connectivity index (χ3v) is 5.32. The van der Waals surface area contributed by atoms with E-state index in [-0.39, 0.29) is 16.9 Å². The Morgan fingerprint density at radius 1 is 1.40 bits per heavy atom. The summed E-state index contributed by atoms with van der Waals surface area (Å²) in [5.41, 5.74) is 0. The molecule has 1 fully saturated rings. The molecule has 0 radical (unpaired) electrons. The van der Waals surface area contributed by atoms with E-state index in [9.17, 15) is 13.2 Å². The molecule has 1 aliphatic rings. The predicted molar refractivity (Wildman–Crippen MR) is 81.7 cm³/mol. The maximum Gasteiger partial charge on any atom is 0.322 e. The highest BCUT2D eigenvalue weighted by Crippen LogP contribution is 2.15. The number of hydrogen-bond donors (Lipinski definition) is 2. The number of ether oxygens (including phenoxy) is 1. The first kappa shape index (κ1) is 15.7.